The Hall–Kier alpha value is -0.810. The smallest absolute Gasteiger partial charge is 0.224 e. The molecule has 2 rings (SSSR count). The number of carbonyl (C=O) groups is 1. The average molecular weight is 359 g/mol. The fraction of sp³-hybridized carbons (Fsp3) is 0.588. The second-order valence-corrected chi connectivity index (χ2v) is 7.14. The summed E-state index contributed by atoms with van der Waals surface area (Å²) < 4.78 is 5.73. The largest absolute Gasteiger partial charge is 0.374 e. The van der Waals surface area contributed by atoms with Crippen molar-refractivity contribution in [3.05, 3.63) is 33.8 Å². The molecule has 0 spiro atoms. The maximum Gasteiger partial charge on any atom is 0.224 e. The van der Waals surface area contributed by atoms with E-state index in [0.29, 0.717) is 34.7 Å². The average Bonchev–Trinajstić information content (AvgIpc) is 2.49. The highest BCUT2D eigenvalue weighted by atomic mass is 35.5. The van der Waals surface area contributed by atoms with Gasteiger partial charge in [0.2, 0.25) is 5.91 Å². The Kier molecular flexibility index (Phi) is 7.15. The van der Waals surface area contributed by atoms with Crippen LogP contribution in [0.15, 0.2) is 18.2 Å². The van der Waals surface area contributed by atoms with Crippen molar-refractivity contribution in [2.45, 2.75) is 26.4 Å². The summed E-state index contributed by atoms with van der Waals surface area (Å²) in [6.45, 7) is 8.50. The summed E-state index contributed by atoms with van der Waals surface area (Å²) >= 11 is 12.2. The van der Waals surface area contributed by atoms with Crippen LogP contribution in [0.5, 0.6) is 0 Å². The summed E-state index contributed by atoms with van der Waals surface area (Å²) in [5.74, 6) is 0.537. The van der Waals surface area contributed by atoms with Crippen LogP contribution in [0.4, 0.5) is 0 Å². The molecule has 1 aromatic rings. The van der Waals surface area contributed by atoms with Gasteiger partial charge in [-0.1, -0.05) is 43.1 Å². The van der Waals surface area contributed by atoms with Gasteiger partial charge < -0.3 is 10.1 Å². The van der Waals surface area contributed by atoms with Crippen LogP contribution < -0.4 is 5.32 Å². The number of halogens is 2. The highest BCUT2D eigenvalue weighted by Gasteiger charge is 2.21. The number of carbonyl (C=O) groups excluding carboxylic acids is 1. The van der Waals surface area contributed by atoms with Gasteiger partial charge in [0.15, 0.2) is 0 Å². The standard InChI is InChI=1S/C17H24Cl2N2O2/c1-12(2)10-21-6-7-23-13(11-21)9-20-17(22)8-14-15(18)4-3-5-16(14)19/h3-5,12-13H,6-11H2,1-2H3,(H,20,22)/t13-/m1/s1. The number of hydrogen-bond donors (Lipinski definition) is 1. The van der Waals surface area contributed by atoms with Crippen molar-refractivity contribution < 1.29 is 9.53 Å². The molecule has 1 aromatic carbocycles. The van der Waals surface area contributed by atoms with Crippen LogP contribution in [0.2, 0.25) is 10.0 Å². The molecule has 1 aliphatic heterocycles. The van der Waals surface area contributed by atoms with Gasteiger partial charge in [-0.25, -0.2) is 0 Å². The van der Waals surface area contributed by atoms with E-state index in [1.165, 1.54) is 0 Å². The predicted molar refractivity (Wildman–Crippen MR) is 94.2 cm³/mol. The molecule has 128 valence electrons. The van der Waals surface area contributed by atoms with Crippen LogP contribution in [0.25, 0.3) is 0 Å². The van der Waals surface area contributed by atoms with E-state index in [9.17, 15) is 4.79 Å². The van der Waals surface area contributed by atoms with E-state index in [-0.39, 0.29) is 18.4 Å². The molecule has 1 N–H and O–H groups in total. The van der Waals surface area contributed by atoms with Crippen LogP contribution in [0.3, 0.4) is 0 Å². The highest BCUT2D eigenvalue weighted by molar-refractivity contribution is 6.36. The SMILES string of the molecule is CC(C)CN1CCO[C@H](CNC(=O)Cc2c(Cl)cccc2Cl)C1. The van der Waals surface area contributed by atoms with Gasteiger partial charge in [0.05, 0.1) is 19.1 Å². The van der Waals surface area contributed by atoms with Crippen molar-refractivity contribution in [2.24, 2.45) is 5.92 Å². The Labute approximate surface area is 148 Å². The van der Waals surface area contributed by atoms with E-state index in [0.717, 1.165) is 19.6 Å². The number of benzene rings is 1. The highest BCUT2D eigenvalue weighted by Crippen LogP contribution is 2.24. The molecule has 6 heteroatoms. The van der Waals surface area contributed by atoms with Gasteiger partial charge in [-0.2, -0.15) is 0 Å². The predicted octanol–water partition coefficient (Wildman–Crippen LogP) is 3.01. The van der Waals surface area contributed by atoms with Gasteiger partial charge in [-0.15, -0.1) is 0 Å². The minimum atomic E-state index is -0.0930. The minimum Gasteiger partial charge on any atom is -0.374 e. The summed E-state index contributed by atoms with van der Waals surface area (Å²) in [5, 5.41) is 3.96. The summed E-state index contributed by atoms with van der Waals surface area (Å²) in [4.78, 5) is 14.5. The Bertz CT molecular complexity index is 517. The van der Waals surface area contributed by atoms with Crippen molar-refractivity contribution in [2.75, 3.05) is 32.8 Å². The van der Waals surface area contributed by atoms with Crippen LogP contribution in [0.1, 0.15) is 19.4 Å². The number of hydrogen-bond acceptors (Lipinski definition) is 3. The zero-order valence-corrected chi connectivity index (χ0v) is 15.2. The molecular weight excluding hydrogens is 335 g/mol. The van der Waals surface area contributed by atoms with E-state index >= 15 is 0 Å². The Morgan fingerprint density at radius 1 is 1.39 bits per heavy atom. The van der Waals surface area contributed by atoms with Crippen molar-refractivity contribution >= 4 is 29.1 Å². The molecule has 0 saturated carbocycles. The first-order valence-corrected chi connectivity index (χ1v) is 8.75. The number of nitrogens with zero attached hydrogens (tertiary/aromatic N) is 1. The number of rotatable bonds is 6. The number of morpholine rings is 1. The quantitative estimate of drug-likeness (QED) is 0.849. The first kappa shape index (κ1) is 18.5. The zero-order valence-electron chi connectivity index (χ0n) is 13.6. The molecule has 1 fully saturated rings. The molecule has 1 saturated heterocycles. The van der Waals surface area contributed by atoms with E-state index in [1.54, 1.807) is 18.2 Å². The van der Waals surface area contributed by atoms with E-state index in [1.807, 2.05) is 0 Å². The maximum atomic E-state index is 12.1. The lowest BCUT2D eigenvalue weighted by Crippen LogP contribution is -2.48. The van der Waals surface area contributed by atoms with Crippen molar-refractivity contribution in [1.29, 1.82) is 0 Å². The molecule has 4 nitrogen and oxygen atoms in total. The summed E-state index contributed by atoms with van der Waals surface area (Å²) in [5.41, 5.74) is 0.666. The van der Waals surface area contributed by atoms with Crippen molar-refractivity contribution in [1.82, 2.24) is 10.2 Å². The molecule has 1 atom stereocenters. The molecular formula is C17H24Cl2N2O2. The molecule has 1 aliphatic rings. The number of ether oxygens (including phenoxy) is 1. The fourth-order valence-electron chi connectivity index (χ4n) is 2.74. The molecule has 0 bridgehead atoms. The Morgan fingerprint density at radius 3 is 2.74 bits per heavy atom. The van der Waals surface area contributed by atoms with Crippen LogP contribution >= 0.6 is 23.2 Å². The monoisotopic (exact) mass is 358 g/mol. The number of amides is 1. The molecule has 0 aliphatic carbocycles. The van der Waals surface area contributed by atoms with Gasteiger partial charge in [0.1, 0.15) is 0 Å². The van der Waals surface area contributed by atoms with Crippen LogP contribution in [-0.4, -0.2) is 49.7 Å². The third-order valence-electron chi connectivity index (χ3n) is 3.77. The molecule has 0 aromatic heterocycles. The second kappa shape index (κ2) is 8.88. The van der Waals surface area contributed by atoms with Crippen LogP contribution in [-0.2, 0) is 16.0 Å². The molecule has 23 heavy (non-hydrogen) atoms. The van der Waals surface area contributed by atoms with Crippen molar-refractivity contribution in [3.8, 4) is 0 Å². The molecule has 0 unspecified atom stereocenters. The van der Waals surface area contributed by atoms with Gasteiger partial charge in [-0.05, 0) is 23.6 Å². The fourth-order valence-corrected chi connectivity index (χ4v) is 3.27. The summed E-state index contributed by atoms with van der Waals surface area (Å²) in [6, 6.07) is 5.25. The third kappa shape index (κ3) is 5.96. The maximum absolute atomic E-state index is 12.1. The zero-order chi connectivity index (χ0) is 16.8. The second-order valence-electron chi connectivity index (χ2n) is 6.33. The van der Waals surface area contributed by atoms with E-state index in [4.69, 9.17) is 27.9 Å². The summed E-state index contributed by atoms with van der Waals surface area (Å²) in [6.07, 6.45) is 0.217. The molecule has 0 radical (unpaired) electrons. The van der Waals surface area contributed by atoms with Crippen molar-refractivity contribution in [3.63, 3.8) is 0 Å². The Morgan fingerprint density at radius 2 is 2.09 bits per heavy atom. The first-order valence-electron chi connectivity index (χ1n) is 7.99. The van der Waals surface area contributed by atoms with Gasteiger partial charge in [-0.3, -0.25) is 9.69 Å². The lowest BCUT2D eigenvalue weighted by atomic mass is 10.1. The summed E-state index contributed by atoms with van der Waals surface area (Å²) in [7, 11) is 0. The topological polar surface area (TPSA) is 41.6 Å². The molecule has 1 heterocycles. The third-order valence-corrected chi connectivity index (χ3v) is 4.48. The first-order chi connectivity index (χ1) is 11.0. The minimum absolute atomic E-state index is 0.0353. The molecule has 1 amide bonds. The van der Waals surface area contributed by atoms with Gasteiger partial charge in [0.25, 0.3) is 0 Å². The Balaban J connectivity index is 1.80. The lowest BCUT2D eigenvalue weighted by molar-refractivity contribution is -0.121. The van der Waals surface area contributed by atoms with E-state index in [2.05, 4.69) is 24.1 Å². The van der Waals surface area contributed by atoms with E-state index < -0.39 is 0 Å². The number of nitrogens with one attached hydrogen (secondary N) is 1. The lowest BCUT2D eigenvalue weighted by Gasteiger charge is -2.34. The normalized spacial score (nSPS) is 19.1. The van der Waals surface area contributed by atoms with Gasteiger partial charge >= 0.3 is 0 Å². The van der Waals surface area contributed by atoms with Gasteiger partial charge in [0, 0.05) is 36.2 Å². The van der Waals surface area contributed by atoms with Crippen LogP contribution in [0, 0.1) is 5.92 Å².